The summed E-state index contributed by atoms with van der Waals surface area (Å²) < 4.78 is 5.65. The summed E-state index contributed by atoms with van der Waals surface area (Å²) in [5, 5.41) is 18.0. The van der Waals surface area contributed by atoms with Crippen LogP contribution in [0, 0.1) is 5.92 Å². The molecule has 0 radical (unpaired) electrons. The van der Waals surface area contributed by atoms with Crippen LogP contribution in [0.2, 0.25) is 0 Å². The highest BCUT2D eigenvalue weighted by molar-refractivity contribution is 5.75. The molecule has 25 heavy (non-hydrogen) atoms. The first kappa shape index (κ1) is 17.6. The number of amides is 1. The molecule has 1 fully saturated rings. The Bertz CT molecular complexity index is 686. The number of rotatable bonds is 7. The molecule has 1 amide bonds. The van der Waals surface area contributed by atoms with Gasteiger partial charge in [0.25, 0.3) is 0 Å². The molecule has 6 heteroatoms. The van der Waals surface area contributed by atoms with Crippen molar-refractivity contribution in [3.8, 4) is 11.5 Å². The third kappa shape index (κ3) is 4.66. The Hall–Kier alpha value is -2.21. The van der Waals surface area contributed by atoms with Crippen molar-refractivity contribution >= 4 is 5.91 Å². The molecular weight excluding hydrogens is 318 g/mol. The maximum absolute atomic E-state index is 12.2. The van der Waals surface area contributed by atoms with Crippen molar-refractivity contribution < 1.29 is 14.3 Å². The number of aryl methyl sites for hydroxylation is 1. The standard InChI is InChI=1S/C19H25N3O3/c1-22(13-15-9-5-10-16(15)23)18(24)12-6-11-17-20-21-19(25-17)14-7-3-2-4-8-14/h2-4,7-8,15-16,23H,5-6,9-13H2,1H3. The van der Waals surface area contributed by atoms with Gasteiger partial charge in [-0.3, -0.25) is 4.79 Å². The van der Waals surface area contributed by atoms with Gasteiger partial charge in [-0.2, -0.15) is 0 Å². The van der Waals surface area contributed by atoms with Crippen molar-refractivity contribution in [1.82, 2.24) is 15.1 Å². The average molecular weight is 343 g/mol. The molecule has 2 aromatic rings. The molecule has 2 unspecified atom stereocenters. The van der Waals surface area contributed by atoms with E-state index in [-0.39, 0.29) is 17.9 Å². The lowest BCUT2D eigenvalue weighted by Crippen LogP contribution is -2.34. The van der Waals surface area contributed by atoms with Gasteiger partial charge in [-0.15, -0.1) is 10.2 Å². The van der Waals surface area contributed by atoms with Crippen LogP contribution in [0.3, 0.4) is 0 Å². The lowest BCUT2D eigenvalue weighted by Gasteiger charge is -2.23. The second kappa shape index (κ2) is 8.25. The summed E-state index contributed by atoms with van der Waals surface area (Å²) in [6.45, 7) is 0.638. The normalized spacial score (nSPS) is 19.9. The molecule has 1 aliphatic carbocycles. The first-order chi connectivity index (χ1) is 12.1. The van der Waals surface area contributed by atoms with E-state index in [2.05, 4.69) is 10.2 Å². The Labute approximate surface area is 147 Å². The second-order valence-corrected chi connectivity index (χ2v) is 6.75. The summed E-state index contributed by atoms with van der Waals surface area (Å²) in [5.74, 6) is 1.38. The van der Waals surface area contributed by atoms with Gasteiger partial charge in [0.2, 0.25) is 17.7 Å². The molecule has 1 aliphatic rings. The van der Waals surface area contributed by atoms with Crippen LogP contribution in [-0.2, 0) is 11.2 Å². The molecule has 1 aromatic carbocycles. The Morgan fingerprint density at radius 3 is 2.80 bits per heavy atom. The van der Waals surface area contributed by atoms with E-state index in [9.17, 15) is 9.90 Å². The highest BCUT2D eigenvalue weighted by atomic mass is 16.4. The molecule has 134 valence electrons. The van der Waals surface area contributed by atoms with Crippen molar-refractivity contribution in [3.05, 3.63) is 36.2 Å². The molecule has 0 saturated heterocycles. The van der Waals surface area contributed by atoms with Crippen LogP contribution in [0.1, 0.15) is 38.0 Å². The number of hydrogen-bond donors (Lipinski definition) is 1. The zero-order valence-electron chi connectivity index (χ0n) is 14.6. The molecule has 1 heterocycles. The Morgan fingerprint density at radius 2 is 2.08 bits per heavy atom. The lowest BCUT2D eigenvalue weighted by atomic mass is 10.1. The predicted molar refractivity (Wildman–Crippen MR) is 93.7 cm³/mol. The van der Waals surface area contributed by atoms with Crippen LogP contribution in [0.25, 0.3) is 11.5 Å². The molecule has 0 bridgehead atoms. The van der Waals surface area contributed by atoms with Gasteiger partial charge in [-0.1, -0.05) is 24.6 Å². The first-order valence-corrected chi connectivity index (χ1v) is 8.93. The van der Waals surface area contributed by atoms with Gasteiger partial charge in [-0.05, 0) is 31.4 Å². The quantitative estimate of drug-likeness (QED) is 0.836. The van der Waals surface area contributed by atoms with Crippen LogP contribution in [0.4, 0.5) is 0 Å². The van der Waals surface area contributed by atoms with Crippen LogP contribution >= 0.6 is 0 Å². The number of aliphatic hydroxyl groups excluding tert-OH is 1. The zero-order valence-corrected chi connectivity index (χ0v) is 14.6. The van der Waals surface area contributed by atoms with Crippen molar-refractivity contribution in [1.29, 1.82) is 0 Å². The largest absolute Gasteiger partial charge is 0.421 e. The highest BCUT2D eigenvalue weighted by Crippen LogP contribution is 2.26. The number of nitrogens with zero attached hydrogens (tertiary/aromatic N) is 3. The third-order valence-corrected chi connectivity index (χ3v) is 4.82. The van der Waals surface area contributed by atoms with E-state index in [1.165, 1.54) is 0 Å². The van der Waals surface area contributed by atoms with Gasteiger partial charge in [-0.25, -0.2) is 0 Å². The van der Waals surface area contributed by atoms with Crippen molar-refractivity contribution in [3.63, 3.8) is 0 Å². The van der Waals surface area contributed by atoms with E-state index in [0.29, 0.717) is 37.6 Å². The predicted octanol–water partition coefficient (Wildman–Crippen LogP) is 2.68. The summed E-state index contributed by atoms with van der Waals surface area (Å²) in [4.78, 5) is 14.0. The summed E-state index contributed by atoms with van der Waals surface area (Å²) in [6, 6.07) is 9.64. The van der Waals surface area contributed by atoms with Gasteiger partial charge >= 0.3 is 0 Å². The third-order valence-electron chi connectivity index (χ3n) is 4.82. The van der Waals surface area contributed by atoms with E-state index in [4.69, 9.17) is 4.42 Å². The SMILES string of the molecule is CN(CC1CCCC1O)C(=O)CCCc1nnc(-c2ccccc2)o1. The van der Waals surface area contributed by atoms with Crippen LogP contribution < -0.4 is 0 Å². The summed E-state index contributed by atoms with van der Waals surface area (Å²) >= 11 is 0. The lowest BCUT2D eigenvalue weighted by molar-refractivity contribution is -0.130. The molecule has 0 aliphatic heterocycles. The van der Waals surface area contributed by atoms with Gasteiger partial charge in [0.1, 0.15) is 0 Å². The van der Waals surface area contributed by atoms with E-state index >= 15 is 0 Å². The van der Waals surface area contributed by atoms with Crippen LogP contribution in [-0.4, -0.2) is 45.8 Å². The fraction of sp³-hybridized carbons (Fsp3) is 0.526. The molecule has 3 rings (SSSR count). The molecule has 6 nitrogen and oxygen atoms in total. The fourth-order valence-electron chi connectivity index (χ4n) is 3.32. The Morgan fingerprint density at radius 1 is 1.28 bits per heavy atom. The fourth-order valence-corrected chi connectivity index (χ4v) is 3.32. The second-order valence-electron chi connectivity index (χ2n) is 6.75. The van der Waals surface area contributed by atoms with Crippen LogP contribution in [0.5, 0.6) is 0 Å². The number of aliphatic hydroxyl groups is 1. The van der Waals surface area contributed by atoms with Gasteiger partial charge < -0.3 is 14.4 Å². The number of benzene rings is 1. The van der Waals surface area contributed by atoms with Crippen molar-refractivity contribution in [2.45, 2.75) is 44.6 Å². The van der Waals surface area contributed by atoms with Crippen LogP contribution in [0.15, 0.2) is 34.7 Å². The highest BCUT2D eigenvalue weighted by Gasteiger charge is 2.27. The smallest absolute Gasteiger partial charge is 0.247 e. The zero-order chi connectivity index (χ0) is 17.6. The molecule has 1 aromatic heterocycles. The maximum Gasteiger partial charge on any atom is 0.247 e. The van der Waals surface area contributed by atoms with E-state index in [1.54, 1.807) is 4.90 Å². The molecule has 1 N–H and O–H groups in total. The van der Waals surface area contributed by atoms with Gasteiger partial charge in [0, 0.05) is 37.9 Å². The minimum absolute atomic E-state index is 0.0990. The Balaban J connectivity index is 1.43. The monoisotopic (exact) mass is 343 g/mol. The number of hydrogen-bond acceptors (Lipinski definition) is 5. The van der Waals surface area contributed by atoms with E-state index in [1.807, 2.05) is 37.4 Å². The van der Waals surface area contributed by atoms with E-state index in [0.717, 1.165) is 24.8 Å². The summed E-state index contributed by atoms with van der Waals surface area (Å²) in [6.07, 6.45) is 4.36. The van der Waals surface area contributed by atoms with Crippen molar-refractivity contribution in [2.24, 2.45) is 5.92 Å². The first-order valence-electron chi connectivity index (χ1n) is 8.93. The number of carbonyl (C=O) groups is 1. The maximum atomic E-state index is 12.2. The minimum atomic E-state index is -0.259. The van der Waals surface area contributed by atoms with Crippen molar-refractivity contribution in [2.75, 3.05) is 13.6 Å². The average Bonchev–Trinajstić information content (AvgIpc) is 3.25. The number of carbonyl (C=O) groups excluding carboxylic acids is 1. The Kier molecular flexibility index (Phi) is 5.81. The van der Waals surface area contributed by atoms with Gasteiger partial charge in [0.15, 0.2) is 0 Å². The molecular formula is C19H25N3O3. The molecule has 0 spiro atoms. The molecule has 1 saturated carbocycles. The summed E-state index contributed by atoms with van der Waals surface area (Å²) in [5.41, 5.74) is 0.896. The van der Waals surface area contributed by atoms with Gasteiger partial charge in [0.05, 0.1) is 6.10 Å². The minimum Gasteiger partial charge on any atom is -0.421 e. The summed E-state index contributed by atoms with van der Waals surface area (Å²) in [7, 11) is 1.81. The number of aromatic nitrogens is 2. The molecule has 2 atom stereocenters. The van der Waals surface area contributed by atoms with E-state index < -0.39 is 0 Å². The topological polar surface area (TPSA) is 79.5 Å².